The molecule has 76 valence electrons. The van der Waals surface area contributed by atoms with Gasteiger partial charge in [-0.1, -0.05) is 11.6 Å². The Morgan fingerprint density at radius 3 is 2.67 bits per heavy atom. The van der Waals surface area contributed by atoms with Crippen LogP contribution in [0.5, 0.6) is 0 Å². The van der Waals surface area contributed by atoms with E-state index in [0.717, 1.165) is 17.0 Å². The number of aliphatic hydroxyl groups is 1. The molecule has 2 heterocycles. The third-order valence-corrected chi connectivity index (χ3v) is 2.22. The Morgan fingerprint density at radius 2 is 2.00 bits per heavy atom. The SMILES string of the molecule is OCc1ccnc(-c2ccc(Cl)cn2)c1. The Labute approximate surface area is 92.4 Å². The highest BCUT2D eigenvalue weighted by Crippen LogP contribution is 2.17. The topological polar surface area (TPSA) is 46.0 Å². The van der Waals surface area contributed by atoms with E-state index >= 15 is 0 Å². The van der Waals surface area contributed by atoms with Crippen molar-refractivity contribution in [3.63, 3.8) is 0 Å². The Morgan fingerprint density at radius 1 is 1.13 bits per heavy atom. The van der Waals surface area contributed by atoms with Crippen molar-refractivity contribution < 1.29 is 5.11 Å². The minimum Gasteiger partial charge on any atom is -0.392 e. The fourth-order valence-electron chi connectivity index (χ4n) is 1.24. The second-order valence-electron chi connectivity index (χ2n) is 3.07. The molecule has 0 aliphatic rings. The quantitative estimate of drug-likeness (QED) is 0.845. The highest BCUT2D eigenvalue weighted by molar-refractivity contribution is 6.30. The summed E-state index contributed by atoms with van der Waals surface area (Å²) < 4.78 is 0. The maximum atomic E-state index is 8.98. The van der Waals surface area contributed by atoms with Crippen LogP contribution in [0.1, 0.15) is 5.56 Å². The zero-order valence-electron chi connectivity index (χ0n) is 7.89. The molecule has 1 N–H and O–H groups in total. The van der Waals surface area contributed by atoms with Gasteiger partial charge in [0.25, 0.3) is 0 Å². The van der Waals surface area contributed by atoms with Crippen molar-refractivity contribution in [2.75, 3.05) is 0 Å². The molecule has 0 aromatic carbocycles. The minimum absolute atomic E-state index is 0.00309. The predicted octanol–water partition coefficient (Wildman–Crippen LogP) is 2.29. The lowest BCUT2D eigenvalue weighted by molar-refractivity contribution is 0.282. The largest absolute Gasteiger partial charge is 0.392 e. The average Bonchev–Trinajstić information content (AvgIpc) is 2.30. The highest BCUT2D eigenvalue weighted by atomic mass is 35.5. The average molecular weight is 221 g/mol. The van der Waals surface area contributed by atoms with E-state index in [1.54, 1.807) is 36.7 Å². The number of rotatable bonds is 2. The van der Waals surface area contributed by atoms with Crippen molar-refractivity contribution in [2.24, 2.45) is 0 Å². The Balaban J connectivity index is 2.40. The summed E-state index contributed by atoms with van der Waals surface area (Å²) in [5, 5.41) is 9.58. The number of hydrogen-bond acceptors (Lipinski definition) is 3. The Kier molecular flexibility index (Phi) is 2.94. The van der Waals surface area contributed by atoms with Crippen molar-refractivity contribution in [1.82, 2.24) is 9.97 Å². The third kappa shape index (κ3) is 2.32. The zero-order chi connectivity index (χ0) is 10.7. The van der Waals surface area contributed by atoms with Gasteiger partial charge < -0.3 is 5.11 Å². The molecule has 0 spiro atoms. The molecule has 0 saturated heterocycles. The molecule has 0 aliphatic heterocycles. The summed E-state index contributed by atoms with van der Waals surface area (Å²) in [7, 11) is 0. The van der Waals surface area contributed by atoms with Gasteiger partial charge in [0, 0.05) is 12.4 Å². The molecular weight excluding hydrogens is 212 g/mol. The van der Waals surface area contributed by atoms with Gasteiger partial charge in [-0.05, 0) is 29.8 Å². The fourth-order valence-corrected chi connectivity index (χ4v) is 1.35. The predicted molar refractivity (Wildman–Crippen MR) is 58.4 cm³/mol. The molecule has 2 aromatic heterocycles. The maximum absolute atomic E-state index is 8.98. The smallest absolute Gasteiger partial charge is 0.0889 e. The lowest BCUT2D eigenvalue weighted by Gasteiger charge is -2.01. The van der Waals surface area contributed by atoms with Crippen LogP contribution in [0.25, 0.3) is 11.4 Å². The molecule has 0 atom stereocenters. The van der Waals surface area contributed by atoms with Crippen LogP contribution < -0.4 is 0 Å². The standard InChI is InChI=1S/C11H9ClN2O/c12-9-1-2-10(14-6-9)11-5-8(7-15)3-4-13-11/h1-6,15H,7H2. The second-order valence-corrected chi connectivity index (χ2v) is 3.51. The molecule has 2 rings (SSSR count). The summed E-state index contributed by atoms with van der Waals surface area (Å²) in [4.78, 5) is 8.32. The first-order valence-corrected chi connectivity index (χ1v) is 4.85. The highest BCUT2D eigenvalue weighted by Gasteiger charge is 2.01. The van der Waals surface area contributed by atoms with Crippen molar-refractivity contribution in [3.05, 3.63) is 47.2 Å². The van der Waals surface area contributed by atoms with Crippen LogP contribution in [0.3, 0.4) is 0 Å². The van der Waals surface area contributed by atoms with E-state index in [0.29, 0.717) is 5.02 Å². The first-order valence-electron chi connectivity index (χ1n) is 4.47. The molecule has 0 bridgehead atoms. The number of hydrogen-bond donors (Lipinski definition) is 1. The summed E-state index contributed by atoms with van der Waals surface area (Å²) in [6.07, 6.45) is 3.22. The molecule has 2 aromatic rings. The van der Waals surface area contributed by atoms with Crippen LogP contribution in [-0.4, -0.2) is 15.1 Å². The lowest BCUT2D eigenvalue weighted by atomic mass is 10.2. The molecule has 0 saturated carbocycles. The van der Waals surface area contributed by atoms with Gasteiger partial charge in [-0.3, -0.25) is 9.97 Å². The van der Waals surface area contributed by atoms with Gasteiger partial charge in [-0.25, -0.2) is 0 Å². The molecule has 15 heavy (non-hydrogen) atoms. The molecule has 4 heteroatoms. The summed E-state index contributed by atoms with van der Waals surface area (Å²) in [6, 6.07) is 7.12. The first-order chi connectivity index (χ1) is 7.29. The van der Waals surface area contributed by atoms with Gasteiger partial charge in [0.15, 0.2) is 0 Å². The van der Waals surface area contributed by atoms with E-state index in [2.05, 4.69) is 9.97 Å². The van der Waals surface area contributed by atoms with E-state index in [-0.39, 0.29) is 6.61 Å². The van der Waals surface area contributed by atoms with Crippen LogP contribution in [0.15, 0.2) is 36.7 Å². The van der Waals surface area contributed by atoms with Crippen LogP contribution in [-0.2, 0) is 6.61 Å². The van der Waals surface area contributed by atoms with E-state index in [1.165, 1.54) is 0 Å². The number of halogens is 1. The molecule has 0 unspecified atom stereocenters. The van der Waals surface area contributed by atoms with Crippen LogP contribution in [0, 0.1) is 0 Å². The fraction of sp³-hybridized carbons (Fsp3) is 0.0909. The monoisotopic (exact) mass is 220 g/mol. The summed E-state index contributed by atoms with van der Waals surface area (Å²) in [5.41, 5.74) is 2.30. The van der Waals surface area contributed by atoms with Gasteiger partial charge in [0.05, 0.1) is 23.0 Å². The third-order valence-electron chi connectivity index (χ3n) is 2.00. The van der Waals surface area contributed by atoms with E-state index in [1.807, 2.05) is 0 Å². The Hall–Kier alpha value is -1.45. The molecule has 0 amide bonds. The molecule has 0 fully saturated rings. The number of aliphatic hydroxyl groups excluding tert-OH is 1. The number of aromatic nitrogens is 2. The summed E-state index contributed by atoms with van der Waals surface area (Å²) >= 11 is 5.73. The van der Waals surface area contributed by atoms with Gasteiger partial charge in [-0.2, -0.15) is 0 Å². The van der Waals surface area contributed by atoms with Crippen LogP contribution >= 0.6 is 11.6 Å². The van der Waals surface area contributed by atoms with Crippen molar-refractivity contribution in [1.29, 1.82) is 0 Å². The van der Waals surface area contributed by atoms with Gasteiger partial charge in [0.1, 0.15) is 0 Å². The van der Waals surface area contributed by atoms with Crippen LogP contribution in [0.4, 0.5) is 0 Å². The molecular formula is C11H9ClN2O. The molecule has 3 nitrogen and oxygen atoms in total. The maximum Gasteiger partial charge on any atom is 0.0889 e. The first kappa shape index (κ1) is 10.1. The summed E-state index contributed by atoms with van der Waals surface area (Å²) in [6.45, 7) is 0.00309. The second kappa shape index (κ2) is 4.38. The zero-order valence-corrected chi connectivity index (χ0v) is 8.65. The van der Waals surface area contributed by atoms with Gasteiger partial charge in [0.2, 0.25) is 0 Å². The van der Waals surface area contributed by atoms with Gasteiger partial charge in [-0.15, -0.1) is 0 Å². The summed E-state index contributed by atoms with van der Waals surface area (Å²) in [5.74, 6) is 0. The Bertz CT molecular complexity index is 456. The van der Waals surface area contributed by atoms with Crippen molar-refractivity contribution in [2.45, 2.75) is 6.61 Å². The lowest BCUT2D eigenvalue weighted by Crippen LogP contribution is -1.90. The van der Waals surface area contributed by atoms with E-state index in [9.17, 15) is 0 Å². The van der Waals surface area contributed by atoms with Gasteiger partial charge >= 0.3 is 0 Å². The number of nitrogens with zero attached hydrogens (tertiary/aromatic N) is 2. The molecule has 0 aliphatic carbocycles. The van der Waals surface area contributed by atoms with E-state index in [4.69, 9.17) is 16.7 Å². The number of pyridine rings is 2. The van der Waals surface area contributed by atoms with Crippen molar-refractivity contribution >= 4 is 11.6 Å². The van der Waals surface area contributed by atoms with Crippen LogP contribution in [0.2, 0.25) is 5.02 Å². The normalized spacial score (nSPS) is 10.3. The van der Waals surface area contributed by atoms with E-state index < -0.39 is 0 Å². The molecule has 0 radical (unpaired) electrons. The minimum atomic E-state index is 0.00309. The van der Waals surface area contributed by atoms with Crippen molar-refractivity contribution in [3.8, 4) is 11.4 Å².